The van der Waals surface area contributed by atoms with E-state index < -0.39 is 0 Å². The van der Waals surface area contributed by atoms with Gasteiger partial charge in [-0.2, -0.15) is 0 Å². The summed E-state index contributed by atoms with van der Waals surface area (Å²) in [6, 6.07) is 17.6. The maximum atomic E-state index is 14.3. The van der Waals surface area contributed by atoms with Crippen molar-refractivity contribution in [1.82, 2.24) is 0 Å². The molecule has 6 nitrogen and oxygen atoms in total. The van der Waals surface area contributed by atoms with Gasteiger partial charge >= 0.3 is 0 Å². The van der Waals surface area contributed by atoms with E-state index in [9.17, 15) is 20.1 Å². The van der Waals surface area contributed by atoms with Crippen molar-refractivity contribution in [3.63, 3.8) is 0 Å². The molecule has 0 aliphatic heterocycles. The lowest BCUT2D eigenvalue weighted by molar-refractivity contribution is 0.103. The quantitative estimate of drug-likeness (QED) is 0.0194. The molecule has 0 spiro atoms. The number of benzene rings is 1. The fraction of sp³-hybridized carbons (Fsp3) is 0.459. The first kappa shape index (κ1) is 64.3. The van der Waals surface area contributed by atoms with Gasteiger partial charge in [-0.25, -0.2) is 20.2 Å². The fourth-order valence-electron chi connectivity index (χ4n) is 14.9. The summed E-state index contributed by atoms with van der Waals surface area (Å²) in [5.41, 5.74) is 10.8. The molecule has 7 aromatic rings. The Hall–Kier alpha value is -5.22. The molecule has 0 fully saturated rings. The zero-order valence-electron chi connectivity index (χ0n) is 51.2. The number of hydrogen-bond acceptors (Lipinski definition) is 10. The SMILES string of the molecule is [C-]#[N+]/C(C#N)=C1/C(=C/c2cc3sc4c(c3s2)C(CCCCCCCC)(CCCCCCCC)c2cc3c(cc2-4)C(CCCCCCCC)(CCCCCCCC)c2c-3sc3cc(/C=C4\C(=O)c5sc(Cl)cc5\C4=C(/C#N)[N+]#[C-])sc23)C(=O)c2sc(Cl)cc21. The summed E-state index contributed by atoms with van der Waals surface area (Å²) in [5, 5.41) is 20.5. The second-order valence-corrected chi connectivity index (χ2v) is 32.4. The van der Waals surface area contributed by atoms with Gasteiger partial charge in [0.25, 0.3) is 11.4 Å². The lowest BCUT2D eigenvalue weighted by atomic mass is 9.68. The standard InChI is InChI=1S/C74H76Cl2N4O2S6/c1-7-11-15-19-23-27-31-73(32-28-24-20-16-12-8-2)53-39-48-54(40-47(53)67-63(73)71-57(85-67)37-45(83-71)35-49-61(55(43-77)79-5)51-41-59(75)87-69(51)65(49)81)74(33-29-25-21-17-13-9-3,34-30-26-22-18-14-10-4)64-68(48)86-58-38-46(84-72(58)64)36-50-62(56(44-78)80-6)52-42-60(76)88-70(52)66(50)82/h35-42H,7-34H2,1-4H3/b49-35-,50-36-,61-55-,62-56+. The number of fused-ring (bicyclic) bond motifs is 12. The third kappa shape index (κ3) is 12.0. The number of ketones is 2. The Labute approximate surface area is 555 Å². The summed E-state index contributed by atoms with van der Waals surface area (Å²) in [4.78, 5) is 41.5. The minimum atomic E-state index is -0.230. The molecule has 0 N–H and O–H groups in total. The first-order chi connectivity index (χ1) is 42.9. The van der Waals surface area contributed by atoms with Crippen LogP contribution < -0.4 is 0 Å². The molecule has 4 aliphatic carbocycles. The van der Waals surface area contributed by atoms with Crippen LogP contribution in [0.3, 0.4) is 0 Å². The Kier molecular flexibility index (Phi) is 20.8. The average Bonchev–Trinajstić information content (AvgIpc) is 1.58. The number of carbonyl (C=O) groups excluding carboxylic acids is 2. The van der Waals surface area contributed by atoms with Gasteiger partial charge in [0.2, 0.25) is 11.6 Å². The van der Waals surface area contributed by atoms with E-state index >= 15 is 0 Å². The topological polar surface area (TPSA) is 90.4 Å². The van der Waals surface area contributed by atoms with Gasteiger partial charge in [-0.1, -0.05) is 205 Å². The number of unbranched alkanes of at least 4 members (excludes halogenated alkanes) is 20. The molecule has 1 aromatic carbocycles. The van der Waals surface area contributed by atoms with E-state index in [0.29, 0.717) is 51.8 Å². The highest BCUT2D eigenvalue weighted by Gasteiger charge is 2.51. The highest BCUT2D eigenvalue weighted by molar-refractivity contribution is 7.31. The van der Waals surface area contributed by atoms with Crippen LogP contribution in [0.5, 0.6) is 0 Å². The lowest BCUT2D eigenvalue weighted by Gasteiger charge is -2.35. The first-order valence-electron chi connectivity index (χ1n) is 32.4. The van der Waals surface area contributed by atoms with E-state index in [-0.39, 0.29) is 33.8 Å². The number of halogens is 2. The molecule has 0 atom stereocenters. The van der Waals surface area contributed by atoms with Crippen molar-refractivity contribution in [1.29, 1.82) is 10.5 Å². The molecular weight excluding hydrogens is 1240 g/mol. The average molecular weight is 1320 g/mol. The monoisotopic (exact) mass is 1310 g/mol. The van der Waals surface area contributed by atoms with Crippen LogP contribution in [-0.4, -0.2) is 11.6 Å². The molecule has 6 aromatic heterocycles. The third-order valence-electron chi connectivity index (χ3n) is 19.1. The zero-order chi connectivity index (χ0) is 61.7. The number of nitriles is 2. The molecule has 0 bridgehead atoms. The van der Waals surface area contributed by atoms with Gasteiger partial charge in [0, 0.05) is 62.0 Å². The van der Waals surface area contributed by atoms with Crippen LogP contribution in [0.15, 0.2) is 58.9 Å². The third-order valence-corrected chi connectivity index (χ3v) is 26.4. The number of allylic oxidation sites excluding steroid dienone is 6. The Morgan fingerprint density at radius 1 is 0.455 bits per heavy atom. The largest absolute Gasteiger partial charge is 0.288 e. The lowest BCUT2D eigenvalue weighted by Crippen LogP contribution is -2.27. The van der Waals surface area contributed by atoms with Gasteiger partial charge in [0.1, 0.15) is 0 Å². The van der Waals surface area contributed by atoms with Crippen molar-refractivity contribution < 1.29 is 9.59 Å². The summed E-state index contributed by atoms with van der Waals surface area (Å²) in [6.07, 6.45) is 37.4. The fourth-order valence-corrected chi connectivity index (χ4v) is 22.9. The maximum absolute atomic E-state index is 14.3. The number of thiophene rings is 6. The molecule has 4 aliphatic rings. The van der Waals surface area contributed by atoms with Crippen LogP contribution in [0.4, 0.5) is 0 Å². The van der Waals surface area contributed by atoms with Gasteiger partial charge in [0.05, 0.1) is 53.1 Å². The number of nitrogens with zero attached hydrogens (tertiary/aromatic N) is 4. The van der Waals surface area contributed by atoms with Gasteiger partial charge in [-0.05, 0) is 119 Å². The Morgan fingerprint density at radius 2 is 0.784 bits per heavy atom. The number of rotatable bonds is 30. The van der Waals surface area contributed by atoms with E-state index in [4.69, 9.17) is 36.3 Å². The van der Waals surface area contributed by atoms with E-state index in [2.05, 4.69) is 73.8 Å². The highest BCUT2D eigenvalue weighted by atomic mass is 35.5. The van der Waals surface area contributed by atoms with Crippen molar-refractivity contribution in [2.24, 2.45) is 0 Å². The molecule has 6 heterocycles. The molecule has 88 heavy (non-hydrogen) atoms. The molecule has 0 radical (unpaired) electrons. The summed E-state index contributed by atoms with van der Waals surface area (Å²) in [5.74, 6) is -0.365. The van der Waals surface area contributed by atoms with Gasteiger partial charge < -0.3 is 0 Å². The summed E-state index contributed by atoms with van der Waals surface area (Å²) >= 11 is 22.8. The predicted octanol–water partition coefficient (Wildman–Crippen LogP) is 26.1. The molecule has 454 valence electrons. The Bertz CT molecular complexity index is 3820. The van der Waals surface area contributed by atoms with Crippen LogP contribution >= 0.6 is 91.2 Å². The van der Waals surface area contributed by atoms with Crippen LogP contribution in [0.2, 0.25) is 8.67 Å². The molecule has 0 saturated heterocycles. The maximum Gasteiger partial charge on any atom is 0.270 e. The number of carbonyl (C=O) groups is 2. The Balaban J connectivity index is 1.10. The van der Waals surface area contributed by atoms with Crippen molar-refractivity contribution in [3.8, 4) is 33.0 Å². The van der Waals surface area contributed by atoms with E-state index in [1.807, 2.05) is 34.8 Å². The summed E-state index contributed by atoms with van der Waals surface area (Å²) in [7, 11) is 0. The molecule has 14 heteroatoms. The molecule has 0 amide bonds. The van der Waals surface area contributed by atoms with E-state index in [0.717, 1.165) is 61.1 Å². The van der Waals surface area contributed by atoms with Crippen molar-refractivity contribution in [2.45, 2.75) is 218 Å². The second kappa shape index (κ2) is 28.5. The minimum Gasteiger partial charge on any atom is -0.288 e. The van der Waals surface area contributed by atoms with Crippen molar-refractivity contribution in [2.75, 3.05) is 0 Å². The number of Topliss-reactive ketones (excluding diaryl/α,β-unsaturated/α-hetero) is 2. The van der Waals surface area contributed by atoms with Crippen LogP contribution in [0.1, 0.15) is 270 Å². The molecule has 0 unspecified atom stereocenters. The van der Waals surface area contributed by atoms with E-state index in [1.54, 1.807) is 34.8 Å². The molecule has 0 saturated carbocycles. The van der Waals surface area contributed by atoms with Crippen LogP contribution in [-0.2, 0) is 10.8 Å². The number of hydrogen-bond donors (Lipinski definition) is 0. The van der Waals surface area contributed by atoms with Crippen LogP contribution in [0, 0.1) is 35.8 Å². The van der Waals surface area contributed by atoms with Gasteiger partial charge in [0.15, 0.2) is 0 Å². The van der Waals surface area contributed by atoms with E-state index in [1.165, 1.54) is 213 Å². The molecular formula is C74H76Cl2N4O2S6. The van der Waals surface area contributed by atoms with Crippen molar-refractivity contribution >= 4 is 145 Å². The molecule has 11 rings (SSSR count). The highest BCUT2D eigenvalue weighted by Crippen LogP contribution is 2.67. The first-order valence-corrected chi connectivity index (χ1v) is 38.1. The second-order valence-electron chi connectivity index (χ2n) is 24.7. The Morgan fingerprint density at radius 3 is 1.10 bits per heavy atom. The normalized spacial score (nSPS) is 16.9. The summed E-state index contributed by atoms with van der Waals surface area (Å²) < 4.78 is 5.99. The zero-order valence-corrected chi connectivity index (χ0v) is 57.6. The van der Waals surface area contributed by atoms with Crippen molar-refractivity contribution in [3.05, 3.63) is 143 Å². The predicted molar refractivity (Wildman–Crippen MR) is 379 cm³/mol. The smallest absolute Gasteiger partial charge is 0.270 e. The minimum absolute atomic E-state index is 0.0915. The van der Waals surface area contributed by atoms with Gasteiger partial charge in [-0.3, -0.25) is 9.59 Å². The van der Waals surface area contributed by atoms with Gasteiger partial charge in [-0.15, -0.1) is 68.0 Å². The van der Waals surface area contributed by atoms with Crippen LogP contribution in [0.25, 0.3) is 72.7 Å². The summed E-state index contributed by atoms with van der Waals surface area (Å²) in [6.45, 7) is 25.1.